The first-order valence-electron chi connectivity index (χ1n) is 14.2. The molecule has 2 aliphatic heterocycles. The first kappa shape index (κ1) is 24.7. The highest BCUT2D eigenvalue weighted by Gasteiger charge is 2.44. The van der Waals surface area contributed by atoms with E-state index in [1.165, 1.54) is 29.8 Å². The Hall–Kier alpha value is -4.27. The molecule has 4 aliphatic rings. The Kier molecular flexibility index (Phi) is 6.02. The van der Waals surface area contributed by atoms with Gasteiger partial charge in [0.25, 0.3) is 11.8 Å². The van der Waals surface area contributed by atoms with Gasteiger partial charge in [-0.2, -0.15) is 5.10 Å². The smallest absolute Gasteiger partial charge is 0.262 e. The maximum Gasteiger partial charge on any atom is 0.262 e. The number of aromatic nitrogens is 2. The molecule has 0 radical (unpaired) electrons. The summed E-state index contributed by atoms with van der Waals surface area (Å²) in [6.45, 7) is 0.763. The standard InChI is InChI=1S/C31H31N5O4/c37-28-11-10-27(29(38)33-28)35-30(39)24-9-8-21(15-25(24)31(35)40)32-17-19-13-22(14-19)36-23(12-18-4-2-1-3-5-18)16-26(34-36)20-6-7-20/h1-5,8-9,15-16,19-20,22,27,32H,6-7,10-14,17H2,(H,33,37,38)/t19-,22-,27?. The first-order chi connectivity index (χ1) is 19.4. The molecule has 2 aliphatic carbocycles. The van der Waals surface area contributed by atoms with Crippen molar-refractivity contribution in [3.8, 4) is 0 Å². The lowest BCUT2D eigenvalue weighted by Crippen LogP contribution is -2.54. The highest BCUT2D eigenvalue weighted by molar-refractivity contribution is 6.23. The fraction of sp³-hybridized carbons (Fsp3) is 0.387. The van der Waals surface area contributed by atoms with Gasteiger partial charge in [0.15, 0.2) is 0 Å². The van der Waals surface area contributed by atoms with Gasteiger partial charge in [0, 0.05) is 36.7 Å². The molecule has 3 fully saturated rings. The molecule has 9 heteroatoms. The minimum atomic E-state index is -0.956. The number of fused-ring (bicyclic) bond motifs is 1. The molecule has 40 heavy (non-hydrogen) atoms. The van der Waals surface area contributed by atoms with Crippen LogP contribution in [-0.2, 0) is 16.0 Å². The molecule has 1 aromatic heterocycles. The van der Waals surface area contributed by atoms with Crippen molar-refractivity contribution in [3.63, 3.8) is 0 Å². The minimum absolute atomic E-state index is 0.104. The number of carbonyl (C=O) groups excluding carboxylic acids is 4. The van der Waals surface area contributed by atoms with Gasteiger partial charge >= 0.3 is 0 Å². The second-order valence-electron chi connectivity index (χ2n) is 11.5. The van der Waals surface area contributed by atoms with Crippen molar-refractivity contribution in [2.75, 3.05) is 11.9 Å². The van der Waals surface area contributed by atoms with Gasteiger partial charge in [-0.25, -0.2) is 0 Å². The average molecular weight is 538 g/mol. The monoisotopic (exact) mass is 537 g/mol. The van der Waals surface area contributed by atoms with Gasteiger partial charge < -0.3 is 5.32 Å². The number of imide groups is 2. The number of carbonyl (C=O) groups is 4. The number of piperidine rings is 1. The van der Waals surface area contributed by atoms with Crippen LogP contribution in [0, 0.1) is 5.92 Å². The molecule has 7 rings (SSSR count). The molecule has 2 saturated carbocycles. The van der Waals surface area contributed by atoms with Crippen molar-refractivity contribution in [2.45, 2.75) is 62.9 Å². The predicted molar refractivity (Wildman–Crippen MR) is 147 cm³/mol. The molecule has 1 atom stereocenters. The average Bonchev–Trinajstić information content (AvgIpc) is 3.65. The second-order valence-corrected chi connectivity index (χ2v) is 11.5. The molecule has 4 amide bonds. The fourth-order valence-corrected chi connectivity index (χ4v) is 6.20. The van der Waals surface area contributed by atoms with E-state index < -0.39 is 23.8 Å². The van der Waals surface area contributed by atoms with Gasteiger partial charge in [-0.15, -0.1) is 0 Å². The SMILES string of the molecule is O=C1CCC(N2C(=O)c3ccc(NC[C@H]4C[C@H](n5nc(C6CC6)cc5Cc5ccccc5)C4)cc3C2=O)C(=O)N1. The van der Waals surface area contributed by atoms with E-state index in [1.807, 2.05) is 12.1 Å². The molecule has 9 nitrogen and oxygen atoms in total. The Morgan fingerprint density at radius 1 is 0.900 bits per heavy atom. The summed E-state index contributed by atoms with van der Waals surface area (Å²) >= 11 is 0. The highest BCUT2D eigenvalue weighted by atomic mass is 16.2. The van der Waals surface area contributed by atoms with E-state index in [0.29, 0.717) is 29.0 Å². The van der Waals surface area contributed by atoms with Crippen LogP contribution in [0.25, 0.3) is 0 Å². The van der Waals surface area contributed by atoms with Crippen molar-refractivity contribution in [3.05, 3.63) is 82.7 Å². The summed E-state index contributed by atoms with van der Waals surface area (Å²) < 4.78 is 2.26. The van der Waals surface area contributed by atoms with Crippen molar-refractivity contribution >= 4 is 29.3 Å². The molecule has 2 N–H and O–H groups in total. The third-order valence-electron chi connectivity index (χ3n) is 8.65. The van der Waals surface area contributed by atoms with Gasteiger partial charge in [-0.05, 0) is 67.9 Å². The van der Waals surface area contributed by atoms with E-state index in [9.17, 15) is 19.2 Å². The van der Waals surface area contributed by atoms with Gasteiger partial charge in [-0.3, -0.25) is 34.1 Å². The molecule has 2 aromatic carbocycles. The van der Waals surface area contributed by atoms with Crippen molar-refractivity contribution < 1.29 is 19.2 Å². The quantitative estimate of drug-likeness (QED) is 0.423. The number of nitrogens with one attached hydrogen (secondary N) is 2. The molecule has 1 saturated heterocycles. The Morgan fingerprint density at radius 2 is 1.68 bits per heavy atom. The van der Waals surface area contributed by atoms with Crippen LogP contribution in [0.5, 0.6) is 0 Å². The van der Waals surface area contributed by atoms with Gasteiger partial charge in [0.1, 0.15) is 6.04 Å². The zero-order valence-corrected chi connectivity index (χ0v) is 22.1. The first-order valence-corrected chi connectivity index (χ1v) is 14.2. The van der Waals surface area contributed by atoms with E-state index >= 15 is 0 Å². The summed E-state index contributed by atoms with van der Waals surface area (Å²) in [5.74, 6) is -0.859. The molecular weight excluding hydrogens is 506 g/mol. The second kappa shape index (κ2) is 9.73. The van der Waals surface area contributed by atoms with Crippen LogP contribution in [0.1, 0.15) is 88.2 Å². The summed E-state index contributed by atoms with van der Waals surface area (Å²) in [7, 11) is 0. The molecular formula is C31H31N5O4. The van der Waals surface area contributed by atoms with Gasteiger partial charge in [0.2, 0.25) is 11.8 Å². The lowest BCUT2D eigenvalue weighted by molar-refractivity contribution is -0.136. The lowest BCUT2D eigenvalue weighted by Gasteiger charge is -2.36. The van der Waals surface area contributed by atoms with Crippen LogP contribution in [-0.4, -0.2) is 50.9 Å². The van der Waals surface area contributed by atoms with Crippen LogP contribution in [0.2, 0.25) is 0 Å². The maximum atomic E-state index is 13.1. The molecule has 1 unspecified atom stereocenters. The number of hydrogen-bond acceptors (Lipinski definition) is 6. The minimum Gasteiger partial charge on any atom is -0.385 e. The molecule has 204 valence electrons. The molecule has 0 spiro atoms. The molecule has 3 heterocycles. The highest BCUT2D eigenvalue weighted by Crippen LogP contribution is 2.43. The van der Waals surface area contributed by atoms with Crippen molar-refractivity contribution in [2.24, 2.45) is 5.92 Å². The maximum absolute atomic E-state index is 13.1. The Balaban J connectivity index is 0.987. The van der Waals surface area contributed by atoms with Crippen molar-refractivity contribution in [1.82, 2.24) is 20.0 Å². The summed E-state index contributed by atoms with van der Waals surface area (Å²) in [5.41, 5.74) is 5.17. The third-order valence-corrected chi connectivity index (χ3v) is 8.65. The summed E-state index contributed by atoms with van der Waals surface area (Å²) in [6, 6.07) is 17.4. The van der Waals surface area contributed by atoms with E-state index in [2.05, 4.69) is 45.6 Å². The summed E-state index contributed by atoms with van der Waals surface area (Å²) in [5, 5.41) is 10.7. The van der Waals surface area contributed by atoms with E-state index in [4.69, 9.17) is 5.10 Å². The largest absolute Gasteiger partial charge is 0.385 e. The molecule has 3 aromatic rings. The predicted octanol–water partition coefficient (Wildman–Crippen LogP) is 3.82. The van der Waals surface area contributed by atoms with E-state index in [-0.39, 0.29) is 18.7 Å². The number of nitrogens with zero attached hydrogens (tertiary/aromatic N) is 3. The normalized spacial score (nSPS) is 24.1. The summed E-state index contributed by atoms with van der Waals surface area (Å²) in [6.07, 6.45) is 5.68. The Morgan fingerprint density at radius 3 is 2.42 bits per heavy atom. The number of benzene rings is 2. The van der Waals surface area contributed by atoms with E-state index in [0.717, 1.165) is 36.4 Å². The van der Waals surface area contributed by atoms with Crippen LogP contribution in [0.4, 0.5) is 5.69 Å². The van der Waals surface area contributed by atoms with Crippen LogP contribution >= 0.6 is 0 Å². The Bertz CT molecular complexity index is 1520. The number of amides is 4. The fourth-order valence-electron chi connectivity index (χ4n) is 6.20. The van der Waals surface area contributed by atoms with Gasteiger partial charge in [-0.1, -0.05) is 30.3 Å². The van der Waals surface area contributed by atoms with Crippen LogP contribution in [0.15, 0.2) is 54.6 Å². The number of rotatable bonds is 8. The van der Waals surface area contributed by atoms with Crippen LogP contribution < -0.4 is 10.6 Å². The number of anilines is 1. The zero-order valence-electron chi connectivity index (χ0n) is 22.1. The molecule has 0 bridgehead atoms. The third kappa shape index (κ3) is 4.49. The van der Waals surface area contributed by atoms with E-state index in [1.54, 1.807) is 12.1 Å². The topological polar surface area (TPSA) is 113 Å². The van der Waals surface area contributed by atoms with Gasteiger partial charge in [0.05, 0.1) is 22.9 Å². The van der Waals surface area contributed by atoms with Crippen LogP contribution in [0.3, 0.4) is 0 Å². The summed E-state index contributed by atoms with van der Waals surface area (Å²) in [4.78, 5) is 50.9. The number of hydrogen-bond donors (Lipinski definition) is 2. The lowest BCUT2D eigenvalue weighted by atomic mass is 9.80. The Labute approximate surface area is 231 Å². The van der Waals surface area contributed by atoms with Crippen molar-refractivity contribution in [1.29, 1.82) is 0 Å². The zero-order chi connectivity index (χ0) is 27.4.